The lowest BCUT2D eigenvalue weighted by Gasteiger charge is -2.03. The maximum atomic E-state index is 3.60. The Bertz CT molecular complexity index is 71.5. The van der Waals surface area contributed by atoms with Crippen molar-refractivity contribution in [2.45, 2.75) is 39.5 Å². The molecule has 0 aromatic carbocycles. The molecule has 0 aromatic heterocycles. The highest BCUT2D eigenvalue weighted by atomic mass is 29.2. The standard InChI is InChI=1S/C8H24N2Si2/c1-3-5-7-9-11-12-10-8-6-4-2/h9-10H,3-8,11-12H2,1-2H3. The molecule has 74 valence electrons. The van der Waals surface area contributed by atoms with Crippen LogP contribution in [0.5, 0.6) is 0 Å². The van der Waals surface area contributed by atoms with Crippen molar-refractivity contribution in [1.82, 2.24) is 9.96 Å². The molecular weight excluding hydrogens is 180 g/mol. The van der Waals surface area contributed by atoms with Crippen LogP contribution < -0.4 is 9.96 Å². The zero-order chi connectivity index (χ0) is 9.07. The molecule has 0 spiro atoms. The molecule has 12 heavy (non-hydrogen) atoms. The molecule has 0 aliphatic carbocycles. The summed E-state index contributed by atoms with van der Waals surface area (Å²) in [4.78, 5) is 7.20. The Morgan fingerprint density at radius 3 is 1.58 bits per heavy atom. The molecule has 0 heterocycles. The van der Waals surface area contributed by atoms with Crippen molar-refractivity contribution in [2.24, 2.45) is 0 Å². The van der Waals surface area contributed by atoms with E-state index in [1.54, 1.807) is 0 Å². The second kappa shape index (κ2) is 11.4. The third-order valence-electron chi connectivity index (χ3n) is 1.89. The van der Waals surface area contributed by atoms with Crippen molar-refractivity contribution >= 4 is 18.4 Å². The molecule has 0 aliphatic heterocycles. The van der Waals surface area contributed by atoms with Crippen molar-refractivity contribution in [2.75, 3.05) is 13.1 Å². The van der Waals surface area contributed by atoms with E-state index in [1.807, 2.05) is 0 Å². The summed E-state index contributed by atoms with van der Waals surface area (Å²) < 4.78 is 0. The van der Waals surface area contributed by atoms with E-state index in [0.717, 1.165) is 0 Å². The lowest BCUT2D eigenvalue weighted by molar-refractivity contribution is 0.762. The summed E-state index contributed by atoms with van der Waals surface area (Å²) in [6.07, 6.45) is 5.37. The first-order valence-electron chi connectivity index (χ1n) is 5.33. The van der Waals surface area contributed by atoms with Gasteiger partial charge in [0.1, 0.15) is 0 Å². The van der Waals surface area contributed by atoms with E-state index < -0.39 is 0 Å². The van der Waals surface area contributed by atoms with Gasteiger partial charge in [0.2, 0.25) is 0 Å². The zero-order valence-corrected chi connectivity index (χ0v) is 11.5. The Balaban J connectivity index is 2.73. The molecule has 0 fully saturated rings. The fourth-order valence-corrected chi connectivity index (χ4v) is 4.94. The van der Waals surface area contributed by atoms with Crippen LogP contribution in [0.15, 0.2) is 0 Å². The summed E-state index contributed by atoms with van der Waals surface area (Å²) >= 11 is 0. The van der Waals surface area contributed by atoms with Gasteiger partial charge in [-0.25, -0.2) is 0 Å². The number of hydrogen-bond acceptors (Lipinski definition) is 2. The van der Waals surface area contributed by atoms with E-state index in [9.17, 15) is 0 Å². The predicted octanol–water partition coefficient (Wildman–Crippen LogP) is -0.152. The average Bonchev–Trinajstić information content (AvgIpc) is 2.10. The summed E-state index contributed by atoms with van der Waals surface area (Å²) in [6.45, 7) is 7.04. The SMILES string of the molecule is CCCCN[SiH2][SiH2]NCCCC. The molecule has 4 heteroatoms. The first kappa shape index (κ1) is 12.4. The van der Waals surface area contributed by atoms with Crippen molar-refractivity contribution in [3.63, 3.8) is 0 Å². The Morgan fingerprint density at radius 1 is 0.833 bits per heavy atom. The van der Waals surface area contributed by atoms with Crippen LogP contribution in [0.25, 0.3) is 0 Å². The van der Waals surface area contributed by atoms with E-state index in [4.69, 9.17) is 0 Å². The third kappa shape index (κ3) is 10.4. The van der Waals surface area contributed by atoms with Gasteiger partial charge >= 0.3 is 0 Å². The number of unbranched alkanes of at least 4 members (excludes halogenated alkanes) is 2. The Hall–Kier alpha value is 0.354. The van der Waals surface area contributed by atoms with Gasteiger partial charge in [0.05, 0.1) is 18.4 Å². The minimum Gasteiger partial charge on any atom is -0.343 e. The van der Waals surface area contributed by atoms with E-state index in [2.05, 4.69) is 23.8 Å². The molecule has 0 aromatic rings. The molecule has 0 amide bonds. The van der Waals surface area contributed by atoms with Crippen LogP contribution in [0.4, 0.5) is 0 Å². The molecular formula is C8H24N2Si2. The number of nitrogens with one attached hydrogen (secondary N) is 2. The molecule has 0 radical (unpaired) electrons. The van der Waals surface area contributed by atoms with Crippen LogP contribution in [0.1, 0.15) is 39.5 Å². The molecule has 0 rings (SSSR count). The molecule has 0 aliphatic rings. The van der Waals surface area contributed by atoms with E-state index in [-0.39, 0.29) is 18.4 Å². The largest absolute Gasteiger partial charge is 0.343 e. The minimum atomic E-state index is 0.141. The zero-order valence-electron chi connectivity index (χ0n) is 8.66. The van der Waals surface area contributed by atoms with Gasteiger partial charge in [-0.1, -0.05) is 26.7 Å². The summed E-state index contributed by atoms with van der Waals surface area (Å²) in [6, 6.07) is 0. The third-order valence-corrected chi connectivity index (χ3v) is 6.43. The summed E-state index contributed by atoms with van der Waals surface area (Å²) in [5, 5.41) is 0. The summed E-state index contributed by atoms with van der Waals surface area (Å²) in [5.41, 5.74) is 0. The molecule has 0 bridgehead atoms. The minimum absolute atomic E-state index is 0.141. The monoisotopic (exact) mass is 204 g/mol. The number of rotatable bonds is 9. The Morgan fingerprint density at radius 2 is 1.25 bits per heavy atom. The molecule has 0 saturated carbocycles. The average molecular weight is 204 g/mol. The highest BCUT2D eigenvalue weighted by molar-refractivity contribution is 6.97. The maximum absolute atomic E-state index is 3.60. The fourth-order valence-electron chi connectivity index (χ4n) is 1.03. The maximum Gasteiger partial charge on any atom is 0.0932 e. The van der Waals surface area contributed by atoms with Crippen LogP contribution >= 0.6 is 0 Å². The summed E-state index contributed by atoms with van der Waals surface area (Å²) in [5.74, 6) is 0. The van der Waals surface area contributed by atoms with Gasteiger partial charge in [0.25, 0.3) is 0 Å². The van der Waals surface area contributed by atoms with Crippen LogP contribution in [0, 0.1) is 0 Å². The lowest BCUT2D eigenvalue weighted by Crippen LogP contribution is -2.35. The van der Waals surface area contributed by atoms with Gasteiger partial charge in [0, 0.05) is 0 Å². The van der Waals surface area contributed by atoms with Crippen molar-refractivity contribution in [3.05, 3.63) is 0 Å². The van der Waals surface area contributed by atoms with Crippen molar-refractivity contribution in [3.8, 4) is 0 Å². The molecule has 2 nitrogen and oxygen atoms in total. The molecule has 0 atom stereocenters. The van der Waals surface area contributed by atoms with Gasteiger partial charge in [-0.05, 0) is 25.9 Å². The van der Waals surface area contributed by atoms with Crippen LogP contribution in [0.3, 0.4) is 0 Å². The van der Waals surface area contributed by atoms with E-state index in [1.165, 1.54) is 38.8 Å². The first-order chi connectivity index (χ1) is 5.91. The highest BCUT2D eigenvalue weighted by Crippen LogP contribution is 1.81. The normalized spacial score (nSPS) is 12.5. The fraction of sp³-hybridized carbons (Fsp3) is 1.00. The second-order valence-corrected chi connectivity index (χ2v) is 8.21. The Labute approximate surface area is 81.5 Å². The summed E-state index contributed by atoms with van der Waals surface area (Å²) in [7, 11) is 0.282. The smallest absolute Gasteiger partial charge is 0.0932 e. The Kier molecular flexibility index (Phi) is 11.7. The highest BCUT2D eigenvalue weighted by Gasteiger charge is 1.88. The molecule has 0 saturated heterocycles. The van der Waals surface area contributed by atoms with Gasteiger partial charge in [0.15, 0.2) is 0 Å². The van der Waals surface area contributed by atoms with Gasteiger partial charge in [-0.3, -0.25) is 0 Å². The predicted molar refractivity (Wildman–Crippen MR) is 62.9 cm³/mol. The van der Waals surface area contributed by atoms with Crippen LogP contribution in [-0.2, 0) is 0 Å². The van der Waals surface area contributed by atoms with Crippen molar-refractivity contribution in [1.29, 1.82) is 0 Å². The number of hydrogen-bond donors (Lipinski definition) is 2. The molecule has 0 unspecified atom stereocenters. The topological polar surface area (TPSA) is 24.1 Å². The first-order valence-corrected chi connectivity index (χ1v) is 10.7. The van der Waals surface area contributed by atoms with E-state index in [0.29, 0.717) is 0 Å². The van der Waals surface area contributed by atoms with Crippen LogP contribution in [0.2, 0.25) is 0 Å². The van der Waals surface area contributed by atoms with Crippen molar-refractivity contribution < 1.29 is 0 Å². The van der Waals surface area contributed by atoms with Gasteiger partial charge in [-0.2, -0.15) is 0 Å². The van der Waals surface area contributed by atoms with E-state index >= 15 is 0 Å². The van der Waals surface area contributed by atoms with Gasteiger partial charge in [-0.15, -0.1) is 0 Å². The second-order valence-electron chi connectivity index (χ2n) is 3.21. The lowest BCUT2D eigenvalue weighted by atomic mass is 10.3. The quantitative estimate of drug-likeness (QED) is 0.403. The molecule has 2 N–H and O–H groups in total. The van der Waals surface area contributed by atoms with Crippen LogP contribution in [-0.4, -0.2) is 31.5 Å². The van der Waals surface area contributed by atoms with Gasteiger partial charge < -0.3 is 9.96 Å².